The summed E-state index contributed by atoms with van der Waals surface area (Å²) in [4.78, 5) is 16.3. The molecule has 0 radical (unpaired) electrons. The number of hydrogen-bond acceptors (Lipinski definition) is 3. The lowest BCUT2D eigenvalue weighted by atomic mass is 10.2. The van der Waals surface area contributed by atoms with E-state index in [4.69, 9.17) is 12.2 Å². The molecule has 0 aromatic heterocycles. The van der Waals surface area contributed by atoms with E-state index in [9.17, 15) is 9.18 Å². The van der Waals surface area contributed by atoms with Gasteiger partial charge in [-0.25, -0.2) is 4.39 Å². The molecule has 142 valence electrons. The third kappa shape index (κ3) is 5.74. The molecule has 7 heteroatoms. The van der Waals surface area contributed by atoms with Crippen LogP contribution in [-0.2, 0) is 4.79 Å². The number of halogens is 1. The van der Waals surface area contributed by atoms with Gasteiger partial charge in [-0.15, -0.1) is 0 Å². The van der Waals surface area contributed by atoms with E-state index in [1.165, 1.54) is 17.7 Å². The van der Waals surface area contributed by atoms with Crippen LogP contribution in [0.25, 0.3) is 0 Å². The van der Waals surface area contributed by atoms with Crippen LogP contribution in [0.15, 0.2) is 48.5 Å². The number of carbonyl (C=O) groups excluding carboxylic acids is 1. The van der Waals surface area contributed by atoms with E-state index >= 15 is 0 Å². The van der Waals surface area contributed by atoms with Crippen LogP contribution in [0.3, 0.4) is 0 Å². The van der Waals surface area contributed by atoms with Crippen LogP contribution >= 0.6 is 12.2 Å². The Hall–Kier alpha value is -2.51. The lowest BCUT2D eigenvalue weighted by Crippen LogP contribution is -2.51. The summed E-state index contributed by atoms with van der Waals surface area (Å²) in [6.07, 6.45) is 0. The number of amides is 1. The van der Waals surface area contributed by atoms with Crippen molar-refractivity contribution in [3.8, 4) is 0 Å². The molecule has 5 nitrogen and oxygen atoms in total. The van der Waals surface area contributed by atoms with Gasteiger partial charge < -0.3 is 15.5 Å². The van der Waals surface area contributed by atoms with Gasteiger partial charge in [0.05, 0.1) is 6.54 Å². The maximum Gasteiger partial charge on any atom is 0.238 e. The number of thiocarbonyl (C=S) groups is 1. The number of piperazine rings is 1. The van der Waals surface area contributed by atoms with Gasteiger partial charge in [0.25, 0.3) is 0 Å². The minimum atomic E-state index is -0.365. The van der Waals surface area contributed by atoms with E-state index in [0.717, 1.165) is 31.9 Å². The summed E-state index contributed by atoms with van der Waals surface area (Å²) in [6, 6.07) is 14.0. The van der Waals surface area contributed by atoms with E-state index in [0.29, 0.717) is 10.8 Å². The van der Waals surface area contributed by atoms with Gasteiger partial charge in [0.2, 0.25) is 5.91 Å². The predicted octanol–water partition coefficient (Wildman–Crippen LogP) is 3.09. The summed E-state index contributed by atoms with van der Waals surface area (Å²) >= 11 is 5.50. The third-order valence-electron chi connectivity index (χ3n) is 4.44. The van der Waals surface area contributed by atoms with Crippen LogP contribution in [-0.4, -0.2) is 53.5 Å². The maximum atomic E-state index is 13.2. The van der Waals surface area contributed by atoms with Crippen molar-refractivity contribution >= 4 is 34.6 Å². The Bertz CT molecular complexity index is 804. The van der Waals surface area contributed by atoms with Gasteiger partial charge in [0, 0.05) is 37.6 Å². The molecule has 0 spiro atoms. The second kappa shape index (κ2) is 8.92. The molecule has 2 aromatic carbocycles. The van der Waals surface area contributed by atoms with Crippen molar-refractivity contribution in [2.24, 2.45) is 0 Å². The van der Waals surface area contributed by atoms with Gasteiger partial charge in [-0.2, -0.15) is 0 Å². The number of anilines is 2. The molecule has 1 amide bonds. The Kier molecular flexibility index (Phi) is 6.36. The Morgan fingerprint density at radius 2 is 1.74 bits per heavy atom. The molecular formula is C20H23FN4OS. The highest BCUT2D eigenvalue weighted by Gasteiger charge is 2.20. The summed E-state index contributed by atoms with van der Waals surface area (Å²) in [7, 11) is 0. The second-order valence-corrected chi connectivity index (χ2v) is 7.00. The average molecular weight is 386 g/mol. The largest absolute Gasteiger partial charge is 0.346 e. The molecule has 2 N–H and O–H groups in total. The molecule has 1 aliphatic heterocycles. The SMILES string of the molecule is Cc1ccc(NC(=S)N2CCN(CC(=O)Nc3cccc(F)c3)CC2)cc1. The first kappa shape index (κ1) is 19.3. The number of carbonyl (C=O) groups is 1. The number of nitrogens with zero attached hydrogens (tertiary/aromatic N) is 2. The second-order valence-electron chi connectivity index (χ2n) is 6.62. The third-order valence-corrected chi connectivity index (χ3v) is 4.80. The average Bonchev–Trinajstić information content (AvgIpc) is 2.64. The Balaban J connectivity index is 1.43. The van der Waals surface area contributed by atoms with Crippen LogP contribution in [0.4, 0.5) is 15.8 Å². The highest BCUT2D eigenvalue weighted by molar-refractivity contribution is 7.80. The smallest absolute Gasteiger partial charge is 0.238 e. The summed E-state index contributed by atoms with van der Waals surface area (Å²) in [5.74, 6) is -0.509. The summed E-state index contributed by atoms with van der Waals surface area (Å²) in [5, 5.41) is 6.68. The lowest BCUT2D eigenvalue weighted by Gasteiger charge is -2.35. The molecule has 1 heterocycles. The van der Waals surface area contributed by atoms with Crippen LogP contribution in [0.5, 0.6) is 0 Å². The van der Waals surface area contributed by atoms with Gasteiger partial charge in [0.1, 0.15) is 5.82 Å². The van der Waals surface area contributed by atoms with E-state index in [1.807, 2.05) is 31.2 Å². The van der Waals surface area contributed by atoms with Crippen molar-refractivity contribution in [2.75, 3.05) is 43.4 Å². The predicted molar refractivity (Wildman–Crippen MR) is 110 cm³/mol. The Morgan fingerprint density at radius 3 is 2.41 bits per heavy atom. The van der Waals surface area contributed by atoms with Crippen molar-refractivity contribution < 1.29 is 9.18 Å². The van der Waals surface area contributed by atoms with E-state index in [-0.39, 0.29) is 18.3 Å². The Labute approximate surface area is 164 Å². The molecule has 3 rings (SSSR count). The van der Waals surface area contributed by atoms with Gasteiger partial charge in [0.15, 0.2) is 5.11 Å². The van der Waals surface area contributed by atoms with E-state index < -0.39 is 0 Å². The monoisotopic (exact) mass is 386 g/mol. The van der Waals surface area contributed by atoms with Crippen molar-refractivity contribution in [2.45, 2.75) is 6.92 Å². The fraction of sp³-hybridized carbons (Fsp3) is 0.300. The number of nitrogens with one attached hydrogen (secondary N) is 2. The van der Waals surface area contributed by atoms with E-state index in [2.05, 4.69) is 20.4 Å². The molecular weight excluding hydrogens is 363 g/mol. The van der Waals surface area contributed by atoms with Crippen LogP contribution < -0.4 is 10.6 Å². The fourth-order valence-electron chi connectivity index (χ4n) is 2.92. The quantitative estimate of drug-likeness (QED) is 0.791. The van der Waals surface area contributed by atoms with Crippen LogP contribution in [0.1, 0.15) is 5.56 Å². The standard InChI is InChI=1S/C20H23FN4OS/c1-15-5-7-17(8-6-15)23-20(27)25-11-9-24(10-12-25)14-19(26)22-18-4-2-3-16(21)13-18/h2-8,13H,9-12,14H2,1H3,(H,22,26)(H,23,27). The zero-order valence-corrected chi connectivity index (χ0v) is 16.1. The van der Waals surface area contributed by atoms with Gasteiger partial charge in [-0.3, -0.25) is 9.69 Å². The molecule has 1 fully saturated rings. The molecule has 0 unspecified atom stereocenters. The van der Waals surface area contributed by atoms with Crippen molar-refractivity contribution in [3.05, 3.63) is 59.9 Å². The summed E-state index contributed by atoms with van der Waals surface area (Å²) in [6.45, 7) is 5.32. The zero-order valence-electron chi connectivity index (χ0n) is 15.2. The topological polar surface area (TPSA) is 47.6 Å². The first-order chi connectivity index (χ1) is 13.0. The normalized spacial score (nSPS) is 14.7. The van der Waals surface area contributed by atoms with Crippen LogP contribution in [0.2, 0.25) is 0 Å². The van der Waals surface area contributed by atoms with Crippen molar-refractivity contribution in [1.82, 2.24) is 9.80 Å². The number of aryl methyl sites for hydroxylation is 1. The number of benzene rings is 2. The molecule has 0 saturated carbocycles. The van der Waals surface area contributed by atoms with Crippen LogP contribution in [0, 0.1) is 12.7 Å². The molecule has 0 aliphatic carbocycles. The number of rotatable bonds is 4. The maximum absolute atomic E-state index is 13.2. The minimum absolute atomic E-state index is 0.144. The first-order valence-electron chi connectivity index (χ1n) is 8.90. The highest BCUT2D eigenvalue weighted by atomic mass is 32.1. The van der Waals surface area contributed by atoms with Gasteiger partial charge >= 0.3 is 0 Å². The van der Waals surface area contributed by atoms with Crippen molar-refractivity contribution in [3.63, 3.8) is 0 Å². The van der Waals surface area contributed by atoms with E-state index in [1.54, 1.807) is 12.1 Å². The Morgan fingerprint density at radius 1 is 1.04 bits per heavy atom. The summed E-state index contributed by atoms with van der Waals surface area (Å²) in [5.41, 5.74) is 2.65. The number of hydrogen-bond donors (Lipinski definition) is 2. The van der Waals surface area contributed by atoms with Crippen molar-refractivity contribution in [1.29, 1.82) is 0 Å². The minimum Gasteiger partial charge on any atom is -0.346 e. The molecule has 27 heavy (non-hydrogen) atoms. The summed E-state index contributed by atoms with van der Waals surface area (Å²) < 4.78 is 13.2. The molecule has 1 saturated heterocycles. The van der Waals surface area contributed by atoms with Gasteiger partial charge in [-0.1, -0.05) is 23.8 Å². The molecule has 0 atom stereocenters. The molecule has 0 bridgehead atoms. The zero-order chi connectivity index (χ0) is 19.2. The highest BCUT2D eigenvalue weighted by Crippen LogP contribution is 2.12. The van der Waals surface area contributed by atoms with Gasteiger partial charge in [-0.05, 0) is 49.5 Å². The first-order valence-corrected chi connectivity index (χ1v) is 9.31. The molecule has 2 aromatic rings. The fourth-order valence-corrected chi connectivity index (χ4v) is 3.22. The lowest BCUT2D eigenvalue weighted by molar-refractivity contribution is -0.117. The molecule has 1 aliphatic rings.